The van der Waals surface area contributed by atoms with E-state index in [1.54, 1.807) is 0 Å². The molecule has 5 nitrogen and oxygen atoms in total. The number of methoxy groups -OCH3 is 1. The van der Waals surface area contributed by atoms with Crippen LogP contribution in [0.25, 0.3) is 0 Å². The predicted molar refractivity (Wildman–Crippen MR) is 106 cm³/mol. The fraction of sp³-hybridized carbons (Fsp3) is 0.263. The number of nitrogens with zero attached hydrogens (tertiary/aromatic N) is 2. The van der Waals surface area contributed by atoms with Crippen molar-refractivity contribution < 1.29 is 9.53 Å². The Morgan fingerprint density at radius 1 is 1.00 bits per heavy atom. The normalized spacial score (nSPS) is 10.9. The maximum absolute atomic E-state index is 12.4. The SMILES string of the molecule is COC(=O)N(c1ccccc1)c1cccc(N(C(N)=S)C(C)(C)C)c1. The third-order valence-electron chi connectivity index (χ3n) is 3.61. The molecule has 2 aromatic rings. The molecular formula is C19H23N3O2S. The molecule has 6 heteroatoms. The summed E-state index contributed by atoms with van der Waals surface area (Å²) in [5.41, 5.74) is 7.82. The Hall–Kier alpha value is -2.60. The highest BCUT2D eigenvalue weighted by atomic mass is 32.1. The van der Waals surface area contributed by atoms with Crippen molar-refractivity contribution in [3.63, 3.8) is 0 Å². The average Bonchev–Trinajstić information content (AvgIpc) is 2.54. The second-order valence-corrected chi connectivity index (χ2v) is 6.92. The van der Waals surface area contributed by atoms with Crippen molar-refractivity contribution in [2.45, 2.75) is 26.3 Å². The molecule has 0 atom stereocenters. The molecule has 0 bridgehead atoms. The Morgan fingerprint density at radius 2 is 1.56 bits per heavy atom. The van der Waals surface area contributed by atoms with E-state index in [-0.39, 0.29) is 10.7 Å². The number of benzene rings is 2. The van der Waals surface area contributed by atoms with Crippen molar-refractivity contribution in [2.24, 2.45) is 5.73 Å². The van der Waals surface area contributed by atoms with E-state index < -0.39 is 6.09 Å². The van der Waals surface area contributed by atoms with Gasteiger partial charge in [-0.05, 0) is 63.3 Å². The second kappa shape index (κ2) is 7.53. The number of hydrogen-bond donors (Lipinski definition) is 1. The highest BCUT2D eigenvalue weighted by Gasteiger charge is 2.26. The van der Waals surface area contributed by atoms with Gasteiger partial charge < -0.3 is 15.4 Å². The molecule has 0 unspecified atom stereocenters. The molecule has 2 N–H and O–H groups in total. The average molecular weight is 357 g/mol. The van der Waals surface area contributed by atoms with Gasteiger partial charge in [0.15, 0.2) is 5.11 Å². The van der Waals surface area contributed by atoms with Gasteiger partial charge >= 0.3 is 6.09 Å². The van der Waals surface area contributed by atoms with E-state index >= 15 is 0 Å². The van der Waals surface area contributed by atoms with E-state index in [1.165, 1.54) is 12.0 Å². The number of hydrogen-bond acceptors (Lipinski definition) is 3. The molecule has 0 heterocycles. The number of amides is 1. The molecule has 0 aliphatic carbocycles. The van der Waals surface area contributed by atoms with Gasteiger partial charge in [0, 0.05) is 11.2 Å². The number of nitrogens with two attached hydrogens (primary N) is 1. The van der Waals surface area contributed by atoms with Gasteiger partial charge in [-0.15, -0.1) is 0 Å². The quantitative estimate of drug-likeness (QED) is 0.823. The first kappa shape index (κ1) is 18.7. The summed E-state index contributed by atoms with van der Waals surface area (Å²) in [7, 11) is 1.36. The summed E-state index contributed by atoms with van der Waals surface area (Å²) in [6, 6.07) is 16.8. The molecule has 25 heavy (non-hydrogen) atoms. The van der Waals surface area contributed by atoms with Crippen LogP contribution in [0.1, 0.15) is 20.8 Å². The zero-order valence-corrected chi connectivity index (χ0v) is 15.7. The minimum atomic E-state index is -0.471. The number of rotatable bonds is 3. The first-order valence-corrected chi connectivity index (χ1v) is 8.29. The number of ether oxygens (including phenoxy) is 1. The van der Waals surface area contributed by atoms with Crippen LogP contribution in [-0.4, -0.2) is 23.9 Å². The summed E-state index contributed by atoms with van der Waals surface area (Å²) >= 11 is 5.22. The van der Waals surface area contributed by atoms with Gasteiger partial charge in [-0.3, -0.25) is 0 Å². The predicted octanol–water partition coefficient (Wildman–Crippen LogP) is 4.44. The number of para-hydroxylation sites is 1. The molecule has 0 saturated heterocycles. The molecule has 2 aromatic carbocycles. The standard InChI is InChI=1S/C19H23N3O2S/c1-19(2,3)22(17(20)25)16-12-8-11-15(13-16)21(18(23)24-4)14-9-6-5-7-10-14/h5-13H,1-4H3,(H2,20,25). The van der Waals surface area contributed by atoms with Gasteiger partial charge in [0.05, 0.1) is 18.5 Å². The molecular weight excluding hydrogens is 334 g/mol. The Morgan fingerprint density at radius 3 is 2.08 bits per heavy atom. The van der Waals surface area contributed by atoms with Crippen molar-refractivity contribution in [1.82, 2.24) is 0 Å². The summed E-state index contributed by atoms with van der Waals surface area (Å²) in [5, 5.41) is 0.272. The number of carbonyl (C=O) groups is 1. The number of carbonyl (C=O) groups excluding carboxylic acids is 1. The van der Waals surface area contributed by atoms with E-state index in [0.717, 1.165) is 5.69 Å². The van der Waals surface area contributed by atoms with Crippen molar-refractivity contribution in [2.75, 3.05) is 16.9 Å². The molecule has 2 rings (SSSR count). The molecule has 132 valence electrons. The Kier molecular flexibility index (Phi) is 5.64. The zero-order valence-electron chi connectivity index (χ0n) is 14.9. The molecule has 0 aliphatic rings. The van der Waals surface area contributed by atoms with Crippen molar-refractivity contribution >= 4 is 40.5 Å². The van der Waals surface area contributed by atoms with E-state index in [4.69, 9.17) is 22.7 Å². The molecule has 0 aromatic heterocycles. The zero-order chi connectivity index (χ0) is 18.6. The third-order valence-corrected chi connectivity index (χ3v) is 3.79. The van der Waals surface area contributed by atoms with Crippen LogP contribution < -0.4 is 15.5 Å². The smallest absolute Gasteiger partial charge is 0.418 e. The van der Waals surface area contributed by atoms with Crippen LogP contribution in [0.5, 0.6) is 0 Å². The second-order valence-electron chi connectivity index (χ2n) is 6.51. The lowest BCUT2D eigenvalue weighted by molar-refractivity contribution is 0.181. The maximum atomic E-state index is 12.4. The van der Waals surface area contributed by atoms with Crippen LogP contribution in [0.3, 0.4) is 0 Å². The van der Waals surface area contributed by atoms with Crippen LogP contribution in [0.4, 0.5) is 21.9 Å². The topological polar surface area (TPSA) is 58.8 Å². The van der Waals surface area contributed by atoms with Crippen molar-refractivity contribution in [3.8, 4) is 0 Å². The van der Waals surface area contributed by atoms with Crippen LogP contribution in [0, 0.1) is 0 Å². The van der Waals surface area contributed by atoms with Gasteiger partial charge in [-0.2, -0.15) is 0 Å². The van der Waals surface area contributed by atoms with Gasteiger partial charge in [0.25, 0.3) is 0 Å². The first-order chi connectivity index (χ1) is 11.8. The summed E-state index contributed by atoms with van der Waals surface area (Å²) in [6.45, 7) is 6.07. The summed E-state index contributed by atoms with van der Waals surface area (Å²) in [6.07, 6.45) is -0.471. The first-order valence-electron chi connectivity index (χ1n) is 7.88. The largest absolute Gasteiger partial charge is 0.452 e. The van der Waals surface area contributed by atoms with E-state index in [9.17, 15) is 4.79 Å². The lowest BCUT2D eigenvalue weighted by Crippen LogP contribution is -2.48. The minimum Gasteiger partial charge on any atom is -0.452 e. The third kappa shape index (κ3) is 4.28. The Labute approximate surface area is 154 Å². The number of thiocarbonyl (C=S) groups is 1. The lowest BCUT2D eigenvalue weighted by Gasteiger charge is -2.36. The van der Waals surface area contributed by atoms with Gasteiger partial charge in [0.1, 0.15) is 0 Å². The highest BCUT2D eigenvalue weighted by Crippen LogP contribution is 2.31. The fourth-order valence-corrected chi connectivity index (χ4v) is 3.02. The molecule has 0 saturated carbocycles. The molecule has 0 radical (unpaired) electrons. The van der Waals surface area contributed by atoms with Crippen molar-refractivity contribution in [3.05, 3.63) is 54.6 Å². The highest BCUT2D eigenvalue weighted by molar-refractivity contribution is 7.80. The number of anilines is 3. The van der Waals surface area contributed by atoms with Crippen LogP contribution in [0.2, 0.25) is 0 Å². The Bertz CT molecular complexity index is 757. The monoisotopic (exact) mass is 357 g/mol. The van der Waals surface area contributed by atoms with Gasteiger partial charge in [-0.25, -0.2) is 9.69 Å². The molecule has 1 amide bonds. The molecule has 0 aliphatic heterocycles. The summed E-state index contributed by atoms with van der Waals surface area (Å²) < 4.78 is 4.96. The molecule has 0 fully saturated rings. The van der Waals surface area contributed by atoms with Gasteiger partial charge in [-0.1, -0.05) is 24.3 Å². The molecule has 0 spiro atoms. The van der Waals surface area contributed by atoms with E-state index in [0.29, 0.717) is 11.4 Å². The summed E-state index contributed by atoms with van der Waals surface area (Å²) in [4.78, 5) is 15.7. The maximum Gasteiger partial charge on any atom is 0.418 e. The van der Waals surface area contributed by atoms with Crippen LogP contribution >= 0.6 is 12.2 Å². The summed E-state index contributed by atoms with van der Waals surface area (Å²) in [5.74, 6) is 0. The van der Waals surface area contributed by atoms with Crippen molar-refractivity contribution in [1.29, 1.82) is 0 Å². The van der Waals surface area contributed by atoms with E-state index in [1.807, 2.05) is 80.3 Å². The van der Waals surface area contributed by atoms with Crippen LogP contribution in [0.15, 0.2) is 54.6 Å². The minimum absolute atomic E-state index is 0.272. The van der Waals surface area contributed by atoms with Gasteiger partial charge in [0.2, 0.25) is 0 Å². The lowest BCUT2D eigenvalue weighted by atomic mass is 10.1. The van der Waals surface area contributed by atoms with Crippen LogP contribution in [-0.2, 0) is 4.74 Å². The Balaban J connectivity index is 2.54. The fourth-order valence-electron chi connectivity index (χ4n) is 2.64. The van der Waals surface area contributed by atoms with E-state index in [2.05, 4.69) is 0 Å².